The molecule has 0 heterocycles. The monoisotopic (exact) mass is 322 g/mol. The van der Waals surface area contributed by atoms with Gasteiger partial charge < -0.3 is 10.1 Å². The van der Waals surface area contributed by atoms with Crippen LogP contribution in [0.1, 0.15) is 31.7 Å². The normalized spacial score (nSPS) is 10.0. The molecule has 0 bridgehead atoms. The highest BCUT2D eigenvalue weighted by Gasteiger charge is 2.03. The molecule has 0 radical (unpaired) electrons. The molecule has 0 saturated heterocycles. The van der Waals surface area contributed by atoms with Crippen LogP contribution in [0.4, 0.5) is 0 Å². The van der Waals surface area contributed by atoms with Crippen molar-refractivity contribution in [1.82, 2.24) is 5.32 Å². The maximum Gasteiger partial charge on any atom is 0.257 e. The van der Waals surface area contributed by atoms with Crippen LogP contribution in [0.2, 0.25) is 0 Å². The fraction of sp³-hybridized carbons (Fsp3) is 0.300. The first-order valence-corrected chi connectivity index (χ1v) is 8.23. The van der Waals surface area contributed by atoms with Gasteiger partial charge in [-0.15, -0.1) is 0 Å². The predicted octanol–water partition coefficient (Wildman–Crippen LogP) is 3.91. The molecule has 1 amide bonds. The zero-order valence-corrected chi connectivity index (χ0v) is 13.9. The molecule has 0 saturated carbocycles. The van der Waals surface area contributed by atoms with Gasteiger partial charge in [-0.25, -0.2) is 0 Å². The number of benzene rings is 2. The molecule has 0 aliphatic rings. The number of hydrogen-bond acceptors (Lipinski definition) is 3. The number of carbonyl (C=O) groups is 1. The van der Waals surface area contributed by atoms with Crippen LogP contribution in [0, 0.1) is 11.3 Å². The van der Waals surface area contributed by atoms with Gasteiger partial charge in [-0.3, -0.25) is 4.79 Å². The molecular weight excluding hydrogens is 300 g/mol. The number of nitrogens with one attached hydrogen (secondary N) is 1. The van der Waals surface area contributed by atoms with Gasteiger partial charge in [0, 0.05) is 6.54 Å². The van der Waals surface area contributed by atoms with E-state index >= 15 is 0 Å². The summed E-state index contributed by atoms with van der Waals surface area (Å²) < 4.78 is 5.50. The number of amides is 1. The first kappa shape index (κ1) is 17.6. The van der Waals surface area contributed by atoms with E-state index in [1.165, 1.54) is 0 Å². The van der Waals surface area contributed by atoms with Crippen molar-refractivity contribution in [2.24, 2.45) is 0 Å². The number of hydrogen-bond donors (Lipinski definition) is 1. The molecule has 2 aromatic carbocycles. The minimum Gasteiger partial charge on any atom is -0.484 e. The van der Waals surface area contributed by atoms with Gasteiger partial charge in [-0.1, -0.05) is 44.0 Å². The number of nitriles is 1. The van der Waals surface area contributed by atoms with Gasteiger partial charge in [-0.2, -0.15) is 5.26 Å². The maximum absolute atomic E-state index is 11.7. The topological polar surface area (TPSA) is 62.1 Å². The summed E-state index contributed by atoms with van der Waals surface area (Å²) in [5.74, 6) is 0.568. The number of carbonyl (C=O) groups excluding carboxylic acids is 1. The van der Waals surface area contributed by atoms with E-state index in [0.717, 1.165) is 30.4 Å². The van der Waals surface area contributed by atoms with Crippen molar-refractivity contribution in [2.45, 2.75) is 26.2 Å². The number of unbranched alkanes of at least 4 members (excludes halogenated alkanes) is 2. The van der Waals surface area contributed by atoms with Crippen molar-refractivity contribution >= 4 is 5.91 Å². The fourth-order valence-electron chi connectivity index (χ4n) is 2.28. The molecule has 0 aliphatic heterocycles. The Bertz CT molecular complexity index is 685. The summed E-state index contributed by atoms with van der Waals surface area (Å²) in [4.78, 5) is 11.7. The van der Waals surface area contributed by atoms with Crippen LogP contribution in [0.15, 0.2) is 48.5 Å². The third kappa shape index (κ3) is 5.44. The number of ether oxygens (including phenoxy) is 1. The van der Waals surface area contributed by atoms with Crippen LogP contribution in [0.25, 0.3) is 11.1 Å². The van der Waals surface area contributed by atoms with Crippen molar-refractivity contribution in [3.05, 3.63) is 54.1 Å². The standard InChI is InChI=1S/C20H22N2O2/c1-2-3-4-13-22-20(23)15-24-19-11-9-18(10-12-19)17-7-5-16(14-21)6-8-17/h5-12H,2-4,13,15H2,1H3,(H,22,23). The SMILES string of the molecule is CCCCCNC(=O)COc1ccc(-c2ccc(C#N)cc2)cc1. The Morgan fingerprint density at radius 3 is 2.25 bits per heavy atom. The molecule has 0 unspecified atom stereocenters. The van der Waals surface area contributed by atoms with E-state index in [4.69, 9.17) is 10.00 Å². The second-order valence-electron chi connectivity index (χ2n) is 5.56. The van der Waals surface area contributed by atoms with E-state index in [0.29, 0.717) is 17.9 Å². The van der Waals surface area contributed by atoms with Crippen molar-refractivity contribution in [3.8, 4) is 22.9 Å². The molecule has 2 aromatic rings. The lowest BCUT2D eigenvalue weighted by atomic mass is 10.0. The summed E-state index contributed by atoms with van der Waals surface area (Å²) in [5.41, 5.74) is 2.72. The molecular formula is C20H22N2O2. The molecule has 0 aliphatic carbocycles. The minimum absolute atomic E-state index is 0.0301. The second-order valence-corrected chi connectivity index (χ2v) is 5.56. The van der Waals surface area contributed by atoms with E-state index in [-0.39, 0.29) is 12.5 Å². The molecule has 1 N–H and O–H groups in total. The Balaban J connectivity index is 1.83. The number of nitrogens with zero attached hydrogens (tertiary/aromatic N) is 1. The lowest BCUT2D eigenvalue weighted by molar-refractivity contribution is -0.123. The van der Waals surface area contributed by atoms with E-state index in [9.17, 15) is 4.79 Å². The molecule has 124 valence electrons. The van der Waals surface area contributed by atoms with E-state index in [1.807, 2.05) is 36.4 Å². The highest BCUT2D eigenvalue weighted by atomic mass is 16.5. The lowest BCUT2D eigenvalue weighted by Crippen LogP contribution is -2.29. The van der Waals surface area contributed by atoms with Gasteiger partial charge in [0.05, 0.1) is 11.6 Å². The van der Waals surface area contributed by atoms with Crippen LogP contribution in [-0.4, -0.2) is 19.1 Å². The summed E-state index contributed by atoms with van der Waals surface area (Å²) in [6.07, 6.45) is 3.26. The van der Waals surface area contributed by atoms with Crippen LogP contribution in [0.5, 0.6) is 5.75 Å². The van der Waals surface area contributed by atoms with Gasteiger partial charge in [0.25, 0.3) is 5.91 Å². The zero-order valence-electron chi connectivity index (χ0n) is 13.9. The Morgan fingerprint density at radius 1 is 1.04 bits per heavy atom. The molecule has 0 fully saturated rings. The van der Waals surface area contributed by atoms with Gasteiger partial charge in [-0.05, 0) is 41.8 Å². The average molecular weight is 322 g/mol. The van der Waals surface area contributed by atoms with E-state index in [2.05, 4.69) is 18.3 Å². The summed E-state index contributed by atoms with van der Waals surface area (Å²) in [7, 11) is 0. The maximum atomic E-state index is 11.7. The highest BCUT2D eigenvalue weighted by Crippen LogP contribution is 2.22. The molecule has 0 aromatic heterocycles. The van der Waals surface area contributed by atoms with Gasteiger partial charge >= 0.3 is 0 Å². The third-order valence-electron chi connectivity index (χ3n) is 3.67. The Labute approximate surface area is 143 Å². The Hall–Kier alpha value is -2.80. The quantitative estimate of drug-likeness (QED) is 0.750. The summed E-state index contributed by atoms with van der Waals surface area (Å²) in [5, 5.41) is 11.7. The van der Waals surface area contributed by atoms with Gasteiger partial charge in [0.1, 0.15) is 5.75 Å². The largest absolute Gasteiger partial charge is 0.484 e. The van der Waals surface area contributed by atoms with Crippen LogP contribution >= 0.6 is 0 Å². The Kier molecular flexibility index (Phi) is 6.85. The molecule has 4 heteroatoms. The molecule has 2 rings (SSSR count). The summed E-state index contributed by atoms with van der Waals surface area (Å²) in [6.45, 7) is 2.86. The highest BCUT2D eigenvalue weighted by molar-refractivity contribution is 5.77. The van der Waals surface area contributed by atoms with Crippen molar-refractivity contribution in [3.63, 3.8) is 0 Å². The zero-order chi connectivity index (χ0) is 17.2. The van der Waals surface area contributed by atoms with Crippen LogP contribution in [0.3, 0.4) is 0 Å². The average Bonchev–Trinajstić information content (AvgIpc) is 2.64. The summed E-state index contributed by atoms with van der Waals surface area (Å²) >= 11 is 0. The summed E-state index contributed by atoms with van der Waals surface area (Å²) in [6, 6.07) is 17.1. The fourth-order valence-corrected chi connectivity index (χ4v) is 2.28. The van der Waals surface area contributed by atoms with Crippen molar-refractivity contribution in [2.75, 3.05) is 13.2 Å². The van der Waals surface area contributed by atoms with Crippen LogP contribution in [-0.2, 0) is 4.79 Å². The molecule has 24 heavy (non-hydrogen) atoms. The number of rotatable bonds is 8. The van der Waals surface area contributed by atoms with E-state index in [1.54, 1.807) is 12.1 Å². The van der Waals surface area contributed by atoms with E-state index < -0.39 is 0 Å². The first-order chi connectivity index (χ1) is 11.7. The van der Waals surface area contributed by atoms with Crippen LogP contribution < -0.4 is 10.1 Å². The molecule has 0 atom stereocenters. The lowest BCUT2D eigenvalue weighted by Gasteiger charge is -2.08. The second kappa shape index (κ2) is 9.36. The van der Waals surface area contributed by atoms with Crippen molar-refractivity contribution in [1.29, 1.82) is 5.26 Å². The van der Waals surface area contributed by atoms with Crippen molar-refractivity contribution < 1.29 is 9.53 Å². The molecule has 0 spiro atoms. The predicted molar refractivity (Wildman–Crippen MR) is 94.6 cm³/mol. The Morgan fingerprint density at radius 2 is 1.67 bits per heavy atom. The molecule has 4 nitrogen and oxygen atoms in total. The smallest absolute Gasteiger partial charge is 0.257 e. The third-order valence-corrected chi connectivity index (χ3v) is 3.67. The minimum atomic E-state index is -0.0951. The van der Waals surface area contributed by atoms with Gasteiger partial charge in [0.15, 0.2) is 6.61 Å². The first-order valence-electron chi connectivity index (χ1n) is 8.23. The van der Waals surface area contributed by atoms with Gasteiger partial charge in [0.2, 0.25) is 0 Å².